The predicted octanol–water partition coefficient (Wildman–Crippen LogP) is 7.22. The fourth-order valence-corrected chi connectivity index (χ4v) is 6.44. The number of pyridine rings is 1. The maximum atomic E-state index is 12.8. The third-order valence-electron chi connectivity index (χ3n) is 7.26. The number of nitrogens with zero attached hydrogens (tertiary/aromatic N) is 3. The van der Waals surface area contributed by atoms with Crippen LogP contribution in [0.2, 0.25) is 0 Å². The third-order valence-corrected chi connectivity index (χ3v) is 9.01. The molecule has 7 rings (SSSR count). The van der Waals surface area contributed by atoms with Crippen molar-refractivity contribution in [3.05, 3.63) is 90.0 Å². The van der Waals surface area contributed by atoms with Crippen LogP contribution in [-0.2, 0) is 9.59 Å². The molecule has 3 heterocycles. The molecule has 0 aliphatic carbocycles. The van der Waals surface area contributed by atoms with Gasteiger partial charge in [-0.3, -0.25) is 9.59 Å². The van der Waals surface area contributed by atoms with Crippen molar-refractivity contribution in [3.8, 4) is 0 Å². The smallest absolute Gasteiger partial charge is 0.234 e. The van der Waals surface area contributed by atoms with E-state index in [4.69, 9.17) is 4.98 Å². The van der Waals surface area contributed by atoms with Crippen LogP contribution in [0.25, 0.3) is 43.9 Å². The molecular weight excluding hydrogens is 591 g/mol. The molecule has 0 saturated heterocycles. The zero-order valence-corrected chi connectivity index (χ0v) is 25.5. The molecule has 0 aliphatic heterocycles. The Kier molecular flexibility index (Phi) is 7.41. The average molecular weight is 618 g/mol. The zero-order valence-electron chi connectivity index (χ0n) is 23.9. The van der Waals surface area contributed by atoms with Crippen LogP contribution in [0.3, 0.4) is 0 Å². The van der Waals surface area contributed by atoms with Crippen molar-refractivity contribution in [3.63, 3.8) is 0 Å². The number of H-pyrrole nitrogens is 2. The van der Waals surface area contributed by atoms with E-state index in [0.717, 1.165) is 55.0 Å². The minimum Gasteiger partial charge on any atom is -0.333 e. The number of benzene rings is 4. The number of rotatable bonds is 8. The van der Waals surface area contributed by atoms with Gasteiger partial charge in [0.1, 0.15) is 0 Å². The predicted molar refractivity (Wildman–Crippen MR) is 180 cm³/mol. The highest BCUT2D eigenvalue weighted by Crippen LogP contribution is 2.30. The van der Waals surface area contributed by atoms with Crippen LogP contribution in [0.4, 0.5) is 11.4 Å². The lowest BCUT2D eigenvalue weighted by Gasteiger charge is -2.12. The molecule has 44 heavy (non-hydrogen) atoms. The number of aryl methyl sites for hydroxylation is 2. The fourth-order valence-electron chi connectivity index (χ4n) is 5.07. The second-order valence-corrected chi connectivity index (χ2v) is 12.4. The highest BCUT2D eigenvalue weighted by Gasteiger charge is 2.13. The van der Waals surface area contributed by atoms with Crippen molar-refractivity contribution in [1.82, 2.24) is 24.9 Å². The lowest BCUT2D eigenvalue weighted by Crippen LogP contribution is -2.15. The first kappa shape index (κ1) is 27.9. The van der Waals surface area contributed by atoms with Gasteiger partial charge in [-0.05, 0) is 79.6 Å². The van der Waals surface area contributed by atoms with Crippen molar-refractivity contribution in [1.29, 1.82) is 0 Å². The molecule has 0 radical (unpaired) electrons. The van der Waals surface area contributed by atoms with Crippen molar-refractivity contribution >= 4 is 90.6 Å². The number of amides is 2. The summed E-state index contributed by atoms with van der Waals surface area (Å²) in [6.45, 7) is 3.94. The Labute approximate surface area is 260 Å². The highest BCUT2D eigenvalue weighted by molar-refractivity contribution is 8.00. The summed E-state index contributed by atoms with van der Waals surface area (Å²) in [5.74, 6) is 0.193. The number of hydrogen-bond donors (Lipinski definition) is 4. The summed E-state index contributed by atoms with van der Waals surface area (Å²) in [5, 5.41) is 9.42. The molecular formula is C33H27N7O2S2. The molecule has 7 aromatic rings. The SMILES string of the molecule is Cc1cc2cc3cc(C)c(NC(=O)CSc4nc5ccccc5[nH]4)cc3nc2cc1NC(=O)CSc1nc2ccccc2[nH]1. The number of carbonyl (C=O) groups is 2. The third kappa shape index (κ3) is 5.84. The van der Waals surface area contributed by atoms with Crippen LogP contribution in [0.5, 0.6) is 0 Å². The Hall–Kier alpha value is -4.87. The van der Waals surface area contributed by atoms with Crippen molar-refractivity contribution in [2.75, 3.05) is 22.1 Å². The van der Waals surface area contributed by atoms with E-state index >= 15 is 0 Å². The van der Waals surface area contributed by atoms with Gasteiger partial charge in [-0.2, -0.15) is 0 Å². The first-order valence-electron chi connectivity index (χ1n) is 14.0. The summed E-state index contributed by atoms with van der Waals surface area (Å²) >= 11 is 2.72. The van der Waals surface area contributed by atoms with Gasteiger partial charge in [0.15, 0.2) is 10.3 Å². The standard InChI is InChI=1S/C33H27N7O2S2/c1-18-11-20-13-21-12-19(2)27(36-31(42)17-44-33-39-24-9-5-6-10-25(24)40-33)15-29(21)34-28(20)14-26(18)35-30(41)16-43-32-37-22-7-3-4-8-23(22)38-32/h3-15H,16-17H2,1-2H3,(H,35,41)(H,36,42)(H,37,38)(H,39,40). The zero-order chi connectivity index (χ0) is 30.2. The molecule has 0 aliphatic rings. The molecule has 4 aromatic carbocycles. The summed E-state index contributed by atoms with van der Waals surface area (Å²) in [6.07, 6.45) is 0. The second kappa shape index (κ2) is 11.7. The first-order valence-corrected chi connectivity index (χ1v) is 16.0. The van der Waals surface area contributed by atoms with Gasteiger partial charge in [0, 0.05) is 22.1 Å². The molecule has 2 amide bonds. The summed E-state index contributed by atoms with van der Waals surface area (Å²) in [6, 6.07) is 25.5. The van der Waals surface area contributed by atoms with E-state index in [0.29, 0.717) is 21.7 Å². The number of para-hydroxylation sites is 4. The van der Waals surface area contributed by atoms with E-state index in [2.05, 4.69) is 36.6 Å². The number of imidazole rings is 2. The average Bonchev–Trinajstić information content (AvgIpc) is 3.63. The monoisotopic (exact) mass is 617 g/mol. The highest BCUT2D eigenvalue weighted by atomic mass is 32.2. The molecule has 0 saturated carbocycles. The molecule has 3 aromatic heterocycles. The molecule has 11 heteroatoms. The number of aromatic amines is 2. The van der Waals surface area contributed by atoms with Gasteiger partial charge < -0.3 is 20.6 Å². The van der Waals surface area contributed by atoms with Crippen LogP contribution in [-0.4, -0.2) is 48.2 Å². The topological polar surface area (TPSA) is 128 Å². The summed E-state index contributed by atoms with van der Waals surface area (Å²) in [4.78, 5) is 46.1. The first-order chi connectivity index (χ1) is 21.4. The molecule has 4 N–H and O–H groups in total. The van der Waals surface area contributed by atoms with Crippen LogP contribution >= 0.6 is 23.5 Å². The molecule has 0 spiro atoms. The largest absolute Gasteiger partial charge is 0.333 e. The number of fused-ring (bicyclic) bond motifs is 4. The van der Waals surface area contributed by atoms with E-state index in [1.807, 2.05) is 86.6 Å². The summed E-state index contributed by atoms with van der Waals surface area (Å²) < 4.78 is 0. The normalized spacial score (nSPS) is 11.5. The Morgan fingerprint density at radius 2 is 1.07 bits per heavy atom. The molecule has 0 fully saturated rings. The van der Waals surface area contributed by atoms with Crippen LogP contribution in [0, 0.1) is 13.8 Å². The number of anilines is 2. The van der Waals surface area contributed by atoms with E-state index in [-0.39, 0.29) is 23.3 Å². The molecule has 0 bridgehead atoms. The van der Waals surface area contributed by atoms with Crippen LogP contribution in [0.1, 0.15) is 11.1 Å². The maximum absolute atomic E-state index is 12.8. The molecule has 0 atom stereocenters. The minimum absolute atomic E-state index is 0.125. The van der Waals surface area contributed by atoms with Crippen LogP contribution < -0.4 is 10.6 Å². The van der Waals surface area contributed by atoms with E-state index in [1.54, 1.807) is 0 Å². The second-order valence-electron chi connectivity index (χ2n) is 10.5. The van der Waals surface area contributed by atoms with Gasteiger partial charge in [0.2, 0.25) is 11.8 Å². The summed E-state index contributed by atoms with van der Waals surface area (Å²) in [7, 11) is 0. The van der Waals surface area contributed by atoms with E-state index in [9.17, 15) is 9.59 Å². The van der Waals surface area contributed by atoms with Crippen molar-refractivity contribution < 1.29 is 9.59 Å². The minimum atomic E-state index is -0.125. The van der Waals surface area contributed by atoms with Gasteiger partial charge >= 0.3 is 0 Å². The molecule has 0 unspecified atom stereocenters. The van der Waals surface area contributed by atoms with Gasteiger partial charge in [-0.15, -0.1) is 0 Å². The Morgan fingerprint density at radius 3 is 1.52 bits per heavy atom. The lowest BCUT2D eigenvalue weighted by atomic mass is 10.0. The van der Waals surface area contributed by atoms with Gasteiger partial charge in [0.05, 0.1) is 44.6 Å². The van der Waals surface area contributed by atoms with Crippen molar-refractivity contribution in [2.24, 2.45) is 0 Å². The van der Waals surface area contributed by atoms with Gasteiger partial charge in [-0.1, -0.05) is 47.8 Å². The maximum Gasteiger partial charge on any atom is 0.234 e. The number of thioether (sulfide) groups is 2. The van der Waals surface area contributed by atoms with E-state index in [1.165, 1.54) is 23.5 Å². The molecule has 218 valence electrons. The van der Waals surface area contributed by atoms with Crippen LogP contribution in [0.15, 0.2) is 89.2 Å². The quantitative estimate of drug-likeness (QED) is 0.105. The van der Waals surface area contributed by atoms with Gasteiger partial charge in [0.25, 0.3) is 0 Å². The van der Waals surface area contributed by atoms with Gasteiger partial charge in [-0.25, -0.2) is 15.0 Å². The Bertz CT molecular complexity index is 2000. The number of hydrogen-bond acceptors (Lipinski definition) is 7. The number of nitrogens with one attached hydrogen (secondary N) is 4. The number of carbonyl (C=O) groups excluding carboxylic acids is 2. The lowest BCUT2D eigenvalue weighted by molar-refractivity contribution is -0.114. The number of aromatic nitrogens is 5. The Morgan fingerprint density at radius 1 is 0.614 bits per heavy atom. The van der Waals surface area contributed by atoms with E-state index < -0.39 is 0 Å². The molecule has 9 nitrogen and oxygen atoms in total. The fraction of sp³-hybridized carbons (Fsp3) is 0.121. The summed E-state index contributed by atoms with van der Waals surface area (Å²) in [5.41, 5.74) is 8.46. The Balaban J connectivity index is 1.05. The van der Waals surface area contributed by atoms with Crippen molar-refractivity contribution in [2.45, 2.75) is 24.2 Å².